The third kappa shape index (κ3) is 3.70. The van der Waals surface area contributed by atoms with Gasteiger partial charge in [-0.25, -0.2) is 0 Å². The molecule has 0 radical (unpaired) electrons. The molecule has 158 valence electrons. The van der Waals surface area contributed by atoms with E-state index < -0.39 is 11.8 Å². The average molecular weight is 420 g/mol. The molecule has 0 aliphatic carbocycles. The monoisotopic (exact) mass is 420 g/mol. The van der Waals surface area contributed by atoms with Gasteiger partial charge in [0.15, 0.2) is 17.3 Å². The van der Waals surface area contributed by atoms with E-state index >= 15 is 0 Å². The van der Waals surface area contributed by atoms with Crippen molar-refractivity contribution in [1.29, 1.82) is 0 Å². The van der Waals surface area contributed by atoms with Gasteiger partial charge in [0.2, 0.25) is 11.9 Å². The number of nitrogens with one attached hydrogen (secondary N) is 1. The number of ether oxygens (including phenoxy) is 2. The number of nitrogens with zero attached hydrogens (tertiary/aromatic N) is 4. The normalized spacial score (nSPS) is 12.7. The third-order valence-corrected chi connectivity index (χ3v) is 4.86. The first-order chi connectivity index (χ1) is 14.9. The second-order valence-electron chi connectivity index (χ2n) is 6.82. The molecular formula is C21H20N6O4. The zero-order valence-corrected chi connectivity index (χ0v) is 17.2. The van der Waals surface area contributed by atoms with E-state index in [1.165, 1.54) is 26.4 Å². The van der Waals surface area contributed by atoms with Gasteiger partial charge < -0.3 is 20.5 Å². The summed E-state index contributed by atoms with van der Waals surface area (Å²) < 4.78 is 10.5. The van der Waals surface area contributed by atoms with E-state index in [-0.39, 0.29) is 35.4 Å². The van der Waals surface area contributed by atoms with Gasteiger partial charge in [0, 0.05) is 5.69 Å². The van der Waals surface area contributed by atoms with Crippen LogP contribution in [0.15, 0.2) is 36.4 Å². The van der Waals surface area contributed by atoms with Crippen LogP contribution >= 0.6 is 0 Å². The number of fused-ring (bicyclic) bond motifs is 1. The van der Waals surface area contributed by atoms with Crippen LogP contribution in [0.4, 0.5) is 17.6 Å². The first-order valence-electron chi connectivity index (χ1n) is 9.36. The highest BCUT2D eigenvalue weighted by molar-refractivity contribution is 6.21. The van der Waals surface area contributed by atoms with E-state index in [4.69, 9.17) is 15.2 Å². The van der Waals surface area contributed by atoms with Crippen LogP contribution in [0.1, 0.15) is 32.1 Å². The number of carbonyl (C=O) groups is 2. The Labute approximate surface area is 178 Å². The van der Waals surface area contributed by atoms with Gasteiger partial charge in [-0.15, -0.1) is 0 Å². The zero-order valence-electron chi connectivity index (χ0n) is 17.2. The lowest BCUT2D eigenvalue weighted by Crippen LogP contribution is -2.30. The molecule has 2 amide bonds. The minimum atomic E-state index is -0.478. The number of para-hydroxylation sites is 1. The Bertz CT molecular complexity index is 1150. The van der Waals surface area contributed by atoms with Gasteiger partial charge in [-0.05, 0) is 30.7 Å². The minimum Gasteiger partial charge on any atom is -0.493 e. The van der Waals surface area contributed by atoms with Crippen LogP contribution in [0, 0.1) is 6.92 Å². The fourth-order valence-electron chi connectivity index (χ4n) is 3.30. The smallest absolute Gasteiger partial charge is 0.262 e. The Morgan fingerprint density at radius 3 is 2.16 bits per heavy atom. The van der Waals surface area contributed by atoms with Crippen LogP contribution in [0.25, 0.3) is 0 Å². The summed E-state index contributed by atoms with van der Waals surface area (Å²) in [5.41, 5.74) is 8.08. The molecule has 0 atom stereocenters. The molecule has 1 aliphatic heterocycles. The highest BCUT2D eigenvalue weighted by Crippen LogP contribution is 2.35. The molecule has 0 unspecified atom stereocenters. The maximum atomic E-state index is 12.9. The summed E-state index contributed by atoms with van der Waals surface area (Å²) in [4.78, 5) is 39.3. The van der Waals surface area contributed by atoms with Crippen molar-refractivity contribution in [2.24, 2.45) is 0 Å². The lowest BCUT2D eigenvalue weighted by atomic mass is 10.1. The van der Waals surface area contributed by atoms with Gasteiger partial charge in [0.1, 0.15) is 0 Å². The second-order valence-corrected chi connectivity index (χ2v) is 6.82. The number of nitrogen functional groups attached to an aromatic ring is 1. The Hall–Kier alpha value is -4.21. The topological polar surface area (TPSA) is 133 Å². The van der Waals surface area contributed by atoms with Crippen LogP contribution < -0.4 is 20.5 Å². The molecule has 0 saturated heterocycles. The summed E-state index contributed by atoms with van der Waals surface area (Å²) >= 11 is 0. The molecule has 1 aliphatic rings. The van der Waals surface area contributed by atoms with Gasteiger partial charge in [0.05, 0.1) is 31.9 Å². The molecule has 10 heteroatoms. The number of benzene rings is 2. The van der Waals surface area contributed by atoms with Gasteiger partial charge in [-0.3, -0.25) is 14.5 Å². The van der Waals surface area contributed by atoms with Crippen molar-refractivity contribution in [1.82, 2.24) is 19.9 Å². The summed E-state index contributed by atoms with van der Waals surface area (Å²) in [5.74, 6) is 0.133. The number of nitrogens with two attached hydrogens (primary N) is 1. The summed E-state index contributed by atoms with van der Waals surface area (Å²) in [6.45, 7) is 1.78. The van der Waals surface area contributed by atoms with E-state index in [2.05, 4.69) is 20.3 Å². The highest BCUT2D eigenvalue weighted by atomic mass is 16.5. The van der Waals surface area contributed by atoms with Crippen LogP contribution in [0.5, 0.6) is 11.5 Å². The van der Waals surface area contributed by atoms with Crippen LogP contribution in [-0.4, -0.2) is 45.9 Å². The molecule has 3 aromatic rings. The molecule has 3 N–H and O–H groups in total. The molecule has 1 aromatic heterocycles. The molecular weight excluding hydrogens is 400 g/mol. The van der Waals surface area contributed by atoms with Gasteiger partial charge in [-0.1, -0.05) is 18.2 Å². The Morgan fingerprint density at radius 2 is 1.58 bits per heavy atom. The maximum Gasteiger partial charge on any atom is 0.262 e. The number of aromatic nitrogens is 3. The fourth-order valence-corrected chi connectivity index (χ4v) is 3.30. The van der Waals surface area contributed by atoms with E-state index in [0.29, 0.717) is 11.5 Å². The molecule has 0 fully saturated rings. The number of aryl methyl sites for hydroxylation is 1. The van der Waals surface area contributed by atoms with Crippen molar-refractivity contribution >= 4 is 29.4 Å². The molecule has 0 saturated carbocycles. The first kappa shape index (κ1) is 20.1. The van der Waals surface area contributed by atoms with Crippen LogP contribution in [0.3, 0.4) is 0 Å². The number of methoxy groups -OCH3 is 2. The summed E-state index contributed by atoms with van der Waals surface area (Å²) in [6.07, 6.45) is 0. The summed E-state index contributed by atoms with van der Waals surface area (Å²) in [6, 6.07) is 10.6. The van der Waals surface area contributed by atoms with Crippen molar-refractivity contribution < 1.29 is 19.1 Å². The van der Waals surface area contributed by atoms with Crippen LogP contribution in [0.2, 0.25) is 0 Å². The molecule has 0 spiro atoms. The number of imide groups is 1. The number of carbonyl (C=O) groups excluding carboxylic acids is 2. The number of amides is 2. The van der Waals surface area contributed by atoms with E-state index in [0.717, 1.165) is 16.2 Å². The van der Waals surface area contributed by atoms with Crippen molar-refractivity contribution in [2.45, 2.75) is 13.5 Å². The Kier molecular flexibility index (Phi) is 5.12. The van der Waals surface area contributed by atoms with E-state index in [9.17, 15) is 9.59 Å². The lowest BCUT2D eigenvalue weighted by Gasteiger charge is -2.14. The zero-order chi connectivity index (χ0) is 22.1. The molecule has 2 heterocycles. The summed E-state index contributed by atoms with van der Waals surface area (Å²) in [5, 5.41) is 3.08. The molecule has 10 nitrogen and oxygen atoms in total. The van der Waals surface area contributed by atoms with Gasteiger partial charge in [0.25, 0.3) is 11.8 Å². The maximum absolute atomic E-state index is 12.9. The Balaban J connectivity index is 1.62. The fraction of sp³-hybridized carbons (Fsp3) is 0.190. The average Bonchev–Trinajstić information content (AvgIpc) is 2.98. The van der Waals surface area contributed by atoms with Gasteiger partial charge >= 0.3 is 0 Å². The highest BCUT2D eigenvalue weighted by Gasteiger charge is 2.37. The van der Waals surface area contributed by atoms with Crippen LogP contribution in [-0.2, 0) is 6.54 Å². The second kappa shape index (κ2) is 7.90. The SMILES string of the molecule is COc1cc2c(cc1OC)C(=O)N(Cc1nc(N)nc(Nc3ccccc3C)n1)C2=O. The van der Waals surface area contributed by atoms with Gasteiger partial charge in [-0.2, -0.15) is 15.0 Å². The van der Waals surface area contributed by atoms with Crippen molar-refractivity contribution in [3.05, 3.63) is 58.9 Å². The minimum absolute atomic E-state index is 0.0268. The molecule has 0 bridgehead atoms. The first-order valence-corrected chi connectivity index (χ1v) is 9.36. The van der Waals surface area contributed by atoms with Crippen molar-refractivity contribution in [2.75, 3.05) is 25.3 Å². The predicted octanol–water partition coefficient (Wildman–Crippen LogP) is 2.32. The molecule has 4 rings (SSSR count). The lowest BCUT2D eigenvalue weighted by molar-refractivity contribution is 0.0638. The van der Waals surface area contributed by atoms with E-state index in [1.54, 1.807) is 0 Å². The quantitative estimate of drug-likeness (QED) is 0.576. The predicted molar refractivity (Wildman–Crippen MR) is 112 cm³/mol. The largest absolute Gasteiger partial charge is 0.493 e. The third-order valence-electron chi connectivity index (χ3n) is 4.86. The number of hydrogen-bond donors (Lipinski definition) is 2. The summed E-state index contributed by atoms with van der Waals surface area (Å²) in [7, 11) is 2.92. The number of hydrogen-bond acceptors (Lipinski definition) is 9. The van der Waals surface area contributed by atoms with Crippen molar-refractivity contribution in [3.8, 4) is 11.5 Å². The van der Waals surface area contributed by atoms with E-state index in [1.807, 2.05) is 31.2 Å². The number of rotatable bonds is 6. The molecule has 2 aromatic carbocycles. The Morgan fingerprint density at radius 1 is 0.968 bits per heavy atom. The molecule has 31 heavy (non-hydrogen) atoms. The standard InChI is InChI=1S/C21H20N6O4/c1-11-6-4-5-7-14(11)23-21-25-17(24-20(22)26-21)10-27-18(28)12-8-15(30-2)16(31-3)9-13(12)19(27)29/h4-9H,10H2,1-3H3,(H3,22,23,24,25,26). The van der Waals surface area contributed by atoms with Crippen molar-refractivity contribution in [3.63, 3.8) is 0 Å². The number of anilines is 3.